The number of phenols is 1. The van der Waals surface area contributed by atoms with Gasteiger partial charge in [-0.05, 0) is 25.5 Å². The molecular formula is C16H20N4O4. The van der Waals surface area contributed by atoms with Crippen molar-refractivity contribution in [2.75, 3.05) is 25.6 Å². The van der Waals surface area contributed by atoms with Gasteiger partial charge in [-0.15, -0.1) is 10.2 Å². The minimum Gasteiger partial charge on any atom is -0.507 e. The van der Waals surface area contributed by atoms with Crippen molar-refractivity contribution in [2.45, 2.75) is 25.5 Å². The Morgan fingerprint density at radius 2 is 2.17 bits per heavy atom. The number of rotatable bonds is 4. The monoisotopic (exact) mass is 332 g/mol. The third-order valence-electron chi connectivity index (χ3n) is 3.96. The first-order valence-corrected chi connectivity index (χ1v) is 7.69. The second kappa shape index (κ2) is 6.98. The molecule has 2 atom stereocenters. The molecule has 1 aliphatic rings. The van der Waals surface area contributed by atoms with Crippen LogP contribution in [0.2, 0.25) is 0 Å². The summed E-state index contributed by atoms with van der Waals surface area (Å²) in [5, 5.41) is 31.4. The van der Waals surface area contributed by atoms with Crippen LogP contribution in [0.1, 0.15) is 12.1 Å². The first-order valence-electron chi connectivity index (χ1n) is 7.69. The molecule has 128 valence electrons. The summed E-state index contributed by atoms with van der Waals surface area (Å²) in [6, 6.07) is 4.80. The van der Waals surface area contributed by atoms with E-state index < -0.39 is 6.10 Å². The molecule has 0 aliphatic carbocycles. The zero-order valence-electron chi connectivity index (χ0n) is 13.6. The Kier molecular flexibility index (Phi) is 4.77. The van der Waals surface area contributed by atoms with E-state index in [1.807, 2.05) is 0 Å². The lowest BCUT2D eigenvalue weighted by Crippen LogP contribution is -2.42. The quantitative estimate of drug-likeness (QED) is 0.764. The van der Waals surface area contributed by atoms with Crippen molar-refractivity contribution >= 4 is 5.95 Å². The van der Waals surface area contributed by atoms with Crippen LogP contribution in [0.3, 0.4) is 0 Å². The fourth-order valence-electron chi connectivity index (χ4n) is 2.61. The molecule has 1 saturated heterocycles. The number of nitrogens with one attached hydrogen (secondary N) is 1. The number of aromatic hydroxyl groups is 1. The Morgan fingerprint density at radius 1 is 1.33 bits per heavy atom. The van der Waals surface area contributed by atoms with Crippen molar-refractivity contribution in [3.05, 3.63) is 23.9 Å². The van der Waals surface area contributed by atoms with Gasteiger partial charge in [0.05, 0.1) is 31.6 Å². The van der Waals surface area contributed by atoms with Gasteiger partial charge < -0.3 is 25.0 Å². The van der Waals surface area contributed by atoms with Gasteiger partial charge in [-0.2, -0.15) is 0 Å². The Hall–Kier alpha value is -2.45. The maximum Gasteiger partial charge on any atom is 0.243 e. The Balaban J connectivity index is 1.82. The van der Waals surface area contributed by atoms with Gasteiger partial charge >= 0.3 is 0 Å². The summed E-state index contributed by atoms with van der Waals surface area (Å²) >= 11 is 0. The number of ether oxygens (including phenoxy) is 2. The van der Waals surface area contributed by atoms with Crippen LogP contribution in [0.25, 0.3) is 11.3 Å². The lowest BCUT2D eigenvalue weighted by molar-refractivity contribution is -0.0136. The summed E-state index contributed by atoms with van der Waals surface area (Å²) in [6.07, 6.45) is 0.0675. The van der Waals surface area contributed by atoms with Gasteiger partial charge in [0.15, 0.2) is 0 Å². The van der Waals surface area contributed by atoms with Crippen LogP contribution < -0.4 is 10.1 Å². The van der Waals surface area contributed by atoms with E-state index in [1.54, 1.807) is 19.1 Å². The molecule has 8 nitrogen and oxygen atoms in total. The minimum atomic E-state index is -0.604. The van der Waals surface area contributed by atoms with E-state index in [1.165, 1.54) is 13.2 Å². The molecule has 1 aromatic carbocycles. The van der Waals surface area contributed by atoms with E-state index in [-0.39, 0.29) is 11.8 Å². The van der Waals surface area contributed by atoms with E-state index in [0.717, 1.165) is 0 Å². The number of anilines is 1. The fourth-order valence-corrected chi connectivity index (χ4v) is 2.61. The number of phenolic OH excluding ortho intramolecular Hbond substituents is 1. The highest BCUT2D eigenvalue weighted by Crippen LogP contribution is 2.32. The average Bonchev–Trinajstić information content (AvgIpc) is 2.57. The zero-order valence-corrected chi connectivity index (χ0v) is 13.6. The molecule has 2 heterocycles. The molecule has 0 radical (unpaired) electrons. The summed E-state index contributed by atoms with van der Waals surface area (Å²) in [5.41, 5.74) is 1.65. The summed E-state index contributed by atoms with van der Waals surface area (Å²) in [6.45, 7) is 2.67. The Bertz CT molecular complexity index is 725. The molecule has 0 saturated carbocycles. The summed E-state index contributed by atoms with van der Waals surface area (Å²) in [7, 11) is 1.53. The van der Waals surface area contributed by atoms with E-state index in [4.69, 9.17) is 9.47 Å². The van der Waals surface area contributed by atoms with Crippen LogP contribution >= 0.6 is 0 Å². The molecule has 8 heteroatoms. The molecule has 2 aromatic rings. The minimum absolute atomic E-state index is 0.0501. The van der Waals surface area contributed by atoms with Crippen molar-refractivity contribution < 1.29 is 19.7 Å². The van der Waals surface area contributed by atoms with Crippen LogP contribution in [0.5, 0.6) is 11.5 Å². The Morgan fingerprint density at radius 3 is 2.83 bits per heavy atom. The highest BCUT2D eigenvalue weighted by Gasteiger charge is 2.24. The van der Waals surface area contributed by atoms with Crippen molar-refractivity contribution in [1.82, 2.24) is 15.2 Å². The first-order chi connectivity index (χ1) is 11.6. The summed E-state index contributed by atoms with van der Waals surface area (Å²) in [5.74, 6) is 0.950. The van der Waals surface area contributed by atoms with Gasteiger partial charge in [0, 0.05) is 18.2 Å². The van der Waals surface area contributed by atoms with Gasteiger partial charge in [-0.3, -0.25) is 0 Å². The van der Waals surface area contributed by atoms with Gasteiger partial charge in [-0.1, -0.05) is 0 Å². The fraction of sp³-hybridized carbons (Fsp3) is 0.438. The van der Waals surface area contributed by atoms with E-state index >= 15 is 0 Å². The number of hydrogen-bond acceptors (Lipinski definition) is 8. The number of aryl methyl sites for hydroxylation is 1. The first kappa shape index (κ1) is 16.4. The summed E-state index contributed by atoms with van der Waals surface area (Å²) < 4.78 is 10.3. The van der Waals surface area contributed by atoms with Crippen molar-refractivity contribution in [2.24, 2.45) is 0 Å². The zero-order chi connectivity index (χ0) is 17.1. The number of aromatic nitrogens is 3. The molecule has 3 N–H and O–H groups in total. The molecule has 3 rings (SSSR count). The molecule has 0 unspecified atom stereocenters. The number of hydrogen-bond donors (Lipinski definition) is 3. The lowest BCUT2D eigenvalue weighted by Gasteiger charge is -2.28. The molecule has 1 fully saturated rings. The molecular weight excluding hydrogens is 312 g/mol. The number of methoxy groups -OCH3 is 1. The molecule has 0 bridgehead atoms. The van der Waals surface area contributed by atoms with Gasteiger partial charge in [-0.25, -0.2) is 4.98 Å². The third-order valence-corrected chi connectivity index (χ3v) is 3.96. The number of nitrogens with zero attached hydrogens (tertiary/aromatic N) is 3. The molecule has 1 aliphatic heterocycles. The van der Waals surface area contributed by atoms with Crippen LogP contribution in [-0.2, 0) is 4.74 Å². The second-order valence-electron chi connectivity index (χ2n) is 5.63. The number of aliphatic hydroxyl groups is 1. The van der Waals surface area contributed by atoms with Crippen molar-refractivity contribution in [3.8, 4) is 22.8 Å². The van der Waals surface area contributed by atoms with E-state index in [9.17, 15) is 10.2 Å². The van der Waals surface area contributed by atoms with Crippen LogP contribution in [0.15, 0.2) is 18.2 Å². The summed E-state index contributed by atoms with van der Waals surface area (Å²) in [4.78, 5) is 4.38. The molecule has 0 spiro atoms. The normalized spacial score (nSPS) is 20.6. The number of aliphatic hydroxyl groups excluding tert-OH is 1. The molecule has 0 amide bonds. The average molecular weight is 332 g/mol. The van der Waals surface area contributed by atoms with Crippen molar-refractivity contribution in [1.29, 1.82) is 0 Å². The topological polar surface area (TPSA) is 110 Å². The van der Waals surface area contributed by atoms with Crippen molar-refractivity contribution in [3.63, 3.8) is 0 Å². The predicted octanol–water partition coefficient (Wildman–Crippen LogP) is 1.12. The maximum absolute atomic E-state index is 10.1. The largest absolute Gasteiger partial charge is 0.507 e. The standard InChI is InChI=1S/C16H20N4O4/c1-9-15(11-4-3-10(23-2)7-13(11)21)19-20-16(17-9)18-12-5-6-24-8-14(12)22/h3-4,7,12,14,21-22H,5-6,8H2,1-2H3,(H,17,18,20)/t12-,14-/m1/s1. The van der Waals surface area contributed by atoms with E-state index in [0.29, 0.717) is 48.3 Å². The van der Waals surface area contributed by atoms with Crippen LogP contribution in [0.4, 0.5) is 5.95 Å². The third kappa shape index (κ3) is 3.39. The lowest BCUT2D eigenvalue weighted by atomic mass is 10.1. The SMILES string of the molecule is COc1ccc(-c2nnc(N[C@@H]3CCOC[C@H]3O)nc2C)c(O)c1. The molecule has 1 aromatic heterocycles. The Labute approximate surface area is 139 Å². The van der Waals surface area contributed by atoms with Crippen LogP contribution in [0, 0.1) is 6.92 Å². The highest BCUT2D eigenvalue weighted by atomic mass is 16.5. The molecule has 24 heavy (non-hydrogen) atoms. The van der Waals surface area contributed by atoms with Gasteiger partial charge in [0.2, 0.25) is 5.95 Å². The second-order valence-corrected chi connectivity index (χ2v) is 5.63. The highest BCUT2D eigenvalue weighted by molar-refractivity contribution is 5.69. The van der Waals surface area contributed by atoms with Gasteiger partial charge in [0.25, 0.3) is 0 Å². The number of benzene rings is 1. The predicted molar refractivity (Wildman–Crippen MR) is 87.1 cm³/mol. The van der Waals surface area contributed by atoms with Crippen LogP contribution in [-0.4, -0.2) is 57.9 Å². The smallest absolute Gasteiger partial charge is 0.243 e. The van der Waals surface area contributed by atoms with Gasteiger partial charge in [0.1, 0.15) is 17.2 Å². The van der Waals surface area contributed by atoms with E-state index in [2.05, 4.69) is 20.5 Å². The maximum atomic E-state index is 10.1.